The van der Waals surface area contributed by atoms with Gasteiger partial charge in [-0.1, -0.05) is 292 Å². The highest BCUT2D eigenvalue weighted by atomic mass is 19.4. The summed E-state index contributed by atoms with van der Waals surface area (Å²) >= 11 is 0. The molecule has 14 unspecified atom stereocenters. The van der Waals surface area contributed by atoms with E-state index >= 15 is 0 Å². The largest absolute Gasteiger partial charge is 0.438 e. The van der Waals surface area contributed by atoms with Crippen molar-refractivity contribution in [2.24, 2.45) is 100 Å². The average Bonchev–Trinajstić information content (AvgIpc) is 1.57. The van der Waals surface area contributed by atoms with Crippen molar-refractivity contribution in [3.63, 3.8) is 0 Å². The smallest absolute Gasteiger partial charge is 0.404 e. The zero-order valence-electron chi connectivity index (χ0n) is 87.5. The van der Waals surface area contributed by atoms with Crippen molar-refractivity contribution >= 4 is 41.8 Å². The van der Waals surface area contributed by atoms with Gasteiger partial charge < -0.3 is 66.3 Å². The first-order valence-corrected chi connectivity index (χ1v) is 50.9. The van der Waals surface area contributed by atoms with E-state index in [0.29, 0.717) is 28.1 Å². The lowest BCUT2D eigenvalue weighted by atomic mass is 9.70. The molecule has 0 radical (unpaired) electrons. The van der Waals surface area contributed by atoms with Gasteiger partial charge in [0.15, 0.2) is 57.4 Å². The Bertz CT molecular complexity index is 3460. The fraction of sp³-hybridized carbons (Fsp3) is 0.941. The SMILES string of the molecule is C.C.C.C.C.C.C.C.C.C.C.C.C.C.CCC(C)(C(=O)OCOC1CCCC1)C(F)(F)F.CCC(C)(C(=O)OCOC1CCCCCC1)C(F)(F)F.CCC(C)(C)C(=O)OC(C)OC1CC2CCC1(C)C2(C)C.CCC(C)(C)C(=O)OCOC1CC2CCC1(C)C2(C)C.CCC(C)(C)C(=O)OCOCC1CCCC1.CCC(C)(C)C(=O)OCOCC1CCCCC1.CCC(C)C(=O)OC(C)OC1CC2CCC1(C)C2(C)C. The summed E-state index contributed by atoms with van der Waals surface area (Å²) in [6, 6.07) is 0. The number of halogens is 6. The summed E-state index contributed by atoms with van der Waals surface area (Å²) in [6.07, 6.45) is 26.4. The van der Waals surface area contributed by atoms with Crippen LogP contribution < -0.4 is 0 Å². The monoisotopic (exact) mass is 2120 g/mol. The van der Waals surface area contributed by atoms with Crippen molar-refractivity contribution in [3.8, 4) is 0 Å². The van der Waals surface area contributed by atoms with E-state index in [4.69, 9.17) is 56.8 Å². The lowest BCUT2D eigenvalue weighted by Crippen LogP contribution is -2.43. The van der Waals surface area contributed by atoms with Gasteiger partial charge in [-0.25, -0.2) is 0 Å². The summed E-state index contributed by atoms with van der Waals surface area (Å²) in [5.41, 5.74) is -4.91. The molecule has 884 valence electrons. The van der Waals surface area contributed by atoms with Gasteiger partial charge in [0.25, 0.3) is 0 Å². The van der Waals surface area contributed by atoms with Gasteiger partial charge in [-0.3, -0.25) is 33.6 Å². The summed E-state index contributed by atoms with van der Waals surface area (Å²) < 4.78 is 152. The zero-order valence-corrected chi connectivity index (χ0v) is 87.5. The quantitative estimate of drug-likeness (QED) is 0.0140. The maximum Gasteiger partial charge on any atom is 0.404 e. The van der Waals surface area contributed by atoms with Crippen molar-refractivity contribution in [3.05, 3.63) is 0 Å². The van der Waals surface area contributed by atoms with Crippen LogP contribution in [0.3, 0.4) is 0 Å². The fourth-order valence-corrected chi connectivity index (χ4v) is 19.9. The van der Waals surface area contributed by atoms with Crippen LogP contribution in [0.25, 0.3) is 0 Å². The molecule has 0 aromatic heterocycles. The highest BCUT2D eigenvalue weighted by Crippen LogP contribution is 2.69. The van der Waals surface area contributed by atoms with Gasteiger partial charge >= 0.3 is 54.1 Å². The van der Waals surface area contributed by atoms with Crippen molar-refractivity contribution in [1.29, 1.82) is 0 Å². The first-order chi connectivity index (χ1) is 61.1. The third-order valence-electron chi connectivity index (χ3n) is 34.7. The Morgan fingerprint density at radius 2 is 0.548 bits per heavy atom. The topological polar surface area (TPSA) is 249 Å². The van der Waals surface area contributed by atoms with E-state index in [1.165, 1.54) is 110 Å². The van der Waals surface area contributed by atoms with Crippen LogP contribution in [0.5, 0.6) is 0 Å². The molecule has 0 heterocycles. The third kappa shape index (κ3) is 44.5. The summed E-state index contributed by atoms with van der Waals surface area (Å²) in [5, 5.41) is 0. The Morgan fingerprint density at radius 3 is 0.815 bits per heavy atom. The van der Waals surface area contributed by atoms with E-state index in [2.05, 4.69) is 71.8 Å². The predicted molar refractivity (Wildman–Crippen MR) is 593 cm³/mol. The Morgan fingerprint density at radius 1 is 0.301 bits per heavy atom. The Balaban J connectivity index is -0.000000160. The highest BCUT2D eigenvalue weighted by Gasteiger charge is 2.65. The van der Waals surface area contributed by atoms with Gasteiger partial charge in [-0.05, 0) is 299 Å². The van der Waals surface area contributed by atoms with E-state index < -0.39 is 82.9 Å². The van der Waals surface area contributed by atoms with Crippen molar-refractivity contribution < 1.29 is 126 Å². The first-order valence-electron chi connectivity index (χ1n) is 50.9. The minimum absolute atomic E-state index is 0. The molecule has 27 heteroatoms. The van der Waals surface area contributed by atoms with E-state index in [9.17, 15) is 59.9 Å². The van der Waals surface area contributed by atoms with Crippen molar-refractivity contribution in [2.45, 2.75) is 585 Å². The number of carbonyl (C=O) groups is 7. The normalized spacial score (nSPS) is 24.6. The van der Waals surface area contributed by atoms with Gasteiger partial charge in [0, 0.05) is 0 Å². The molecule has 0 aromatic carbocycles. The van der Waals surface area contributed by atoms with Crippen LogP contribution >= 0.6 is 0 Å². The maximum absolute atomic E-state index is 12.8. The van der Waals surface area contributed by atoms with Gasteiger partial charge in [-0.2, -0.15) is 26.3 Å². The Hall–Kier alpha value is -4.41. The van der Waals surface area contributed by atoms with Gasteiger partial charge in [-0.15, -0.1) is 0 Å². The highest BCUT2D eigenvalue weighted by molar-refractivity contribution is 5.79. The fourth-order valence-electron chi connectivity index (χ4n) is 19.9. The van der Waals surface area contributed by atoms with E-state index in [1.807, 2.05) is 111 Å². The van der Waals surface area contributed by atoms with Crippen LogP contribution in [-0.4, -0.2) is 144 Å². The lowest BCUT2D eigenvalue weighted by molar-refractivity contribution is -0.238. The number of hydrogen-bond acceptors (Lipinski definition) is 21. The average molecular weight is 2120 g/mol. The molecule has 146 heavy (non-hydrogen) atoms. The molecular weight excluding hydrogens is 1880 g/mol. The summed E-state index contributed by atoms with van der Waals surface area (Å²) in [7, 11) is 0. The number of ether oxygens (including phenoxy) is 14. The van der Waals surface area contributed by atoms with Crippen LogP contribution in [-0.2, 0) is 99.9 Å². The van der Waals surface area contributed by atoms with E-state index in [1.54, 1.807) is 0 Å². The standard InChI is InChI=1S/C18H32O3.2C17H30O3.C14H23F3O3.C14H26O3.C13H24O3.C12H19F3O3.14CH4/c1-8-16(3,4)15(19)21-12(2)20-14-11-13-9-10-18(14,7)17(13,5)6;1-7-15(2,3)14(18)20-11-19-13-10-12-8-9-17(13,6)16(12,4)5;1-7-11(2)15(18)20-12(3)19-14-10-13-8-9-17(14,6)16(13,4)5;1-3-13(2,14(15,16)17)12(18)20-10-19-11-8-6-4-5-7-9-11;1-4-14(2,3)13(15)17-11-16-10-12-8-6-5-7-9-12;1-4-13(2,3)12(14)16-10-15-9-11-7-5-6-8-11;1-3-11(2,12(13,14)15)10(16)18-8-17-9-6-4-5-7-9;;;;;;;;;;;;;;/h12-14H,8-11H2,1-7H3;12-13H,7-11H2,1-6H3;11-14H,7-10H2,1-6H3;11H,3-10H2,1-2H3;12H,4-11H2,1-3H3;11H,4-10H2,1-3H3;9H,3-8H2,1-2H3;14*1H4. The second-order valence-corrected chi connectivity index (χ2v) is 45.3. The number of esters is 7. The van der Waals surface area contributed by atoms with Crippen LogP contribution in [0, 0.1) is 100 Å². The Kier molecular flexibility index (Phi) is 80.5. The van der Waals surface area contributed by atoms with Crippen LogP contribution in [0.1, 0.15) is 529 Å². The number of alkyl halides is 6. The van der Waals surface area contributed by atoms with Gasteiger partial charge in [0.1, 0.15) is 0 Å². The molecule has 0 N–H and O–H groups in total. The molecule has 10 saturated carbocycles. The van der Waals surface area contributed by atoms with E-state index in [-0.39, 0.29) is 220 Å². The first kappa shape index (κ1) is 164. The molecule has 0 aromatic rings. The minimum Gasteiger partial charge on any atom is -0.438 e. The summed E-state index contributed by atoms with van der Waals surface area (Å²) in [6.45, 7) is 57.4. The third-order valence-corrected chi connectivity index (χ3v) is 34.7. The minimum atomic E-state index is -4.61. The second kappa shape index (κ2) is 71.6. The van der Waals surface area contributed by atoms with Gasteiger partial charge in [0.05, 0.1) is 71.3 Å². The van der Waals surface area contributed by atoms with Gasteiger partial charge in [0.2, 0.25) is 0 Å². The molecule has 14 atom stereocenters. The zero-order chi connectivity index (χ0) is 100. The molecule has 0 amide bonds. The maximum atomic E-state index is 12.8. The van der Waals surface area contributed by atoms with Crippen LogP contribution in [0.2, 0.25) is 0 Å². The predicted octanol–water partition coefficient (Wildman–Crippen LogP) is 36.0. The second-order valence-electron chi connectivity index (χ2n) is 45.3. The van der Waals surface area contributed by atoms with Crippen LogP contribution in [0.15, 0.2) is 0 Å². The number of fused-ring (bicyclic) bond motifs is 6. The van der Waals surface area contributed by atoms with Crippen molar-refractivity contribution in [2.75, 3.05) is 47.2 Å². The molecule has 0 saturated heterocycles. The Labute approximate surface area is 896 Å². The molecule has 10 aliphatic rings. The molecule has 0 aliphatic heterocycles. The number of carbonyl (C=O) groups excluding carboxylic acids is 7. The molecule has 10 fully saturated rings. The van der Waals surface area contributed by atoms with E-state index in [0.717, 1.165) is 160 Å². The molecule has 10 rings (SSSR count). The molecule has 21 nitrogen and oxygen atoms in total. The molecular formula is C119H240F6O21. The van der Waals surface area contributed by atoms with Crippen molar-refractivity contribution in [1.82, 2.24) is 0 Å². The summed E-state index contributed by atoms with van der Waals surface area (Å²) in [5.74, 6) is 0.206. The molecule has 0 spiro atoms. The lowest BCUT2D eigenvalue weighted by Gasteiger charge is -2.39. The summed E-state index contributed by atoms with van der Waals surface area (Å²) in [4.78, 5) is 82.3. The number of rotatable bonds is 37. The molecule has 6 bridgehead atoms. The molecule has 10 aliphatic carbocycles. The van der Waals surface area contributed by atoms with Crippen LogP contribution in [0.4, 0.5) is 26.3 Å². The number of hydrogen-bond donors (Lipinski definition) is 0.